The molecule has 1 aliphatic heterocycles. The highest BCUT2D eigenvalue weighted by Crippen LogP contribution is 2.29. The summed E-state index contributed by atoms with van der Waals surface area (Å²) in [6.07, 6.45) is 0.741. The van der Waals surface area contributed by atoms with Gasteiger partial charge < -0.3 is 14.2 Å². The van der Waals surface area contributed by atoms with Crippen molar-refractivity contribution >= 4 is 0 Å². The molecule has 0 amide bonds. The zero-order valence-electron chi connectivity index (χ0n) is 14.0. The highest BCUT2D eigenvalue weighted by atomic mass is 16.7. The second-order valence-corrected chi connectivity index (χ2v) is 4.92. The van der Waals surface area contributed by atoms with Crippen LogP contribution >= 0.6 is 0 Å². The Morgan fingerprint density at radius 3 is 2.24 bits per heavy atom. The minimum absolute atomic E-state index is 0.0695. The lowest BCUT2D eigenvalue weighted by Crippen LogP contribution is -2.58. The molecule has 1 saturated heterocycles. The Morgan fingerprint density at radius 2 is 1.71 bits per heavy atom. The van der Waals surface area contributed by atoms with Gasteiger partial charge in [-0.1, -0.05) is 44.2 Å². The monoisotopic (exact) mass is 295 g/mol. The summed E-state index contributed by atoms with van der Waals surface area (Å²) in [4.78, 5) is 2.37. The number of benzene rings is 1. The van der Waals surface area contributed by atoms with Crippen LogP contribution in [0.3, 0.4) is 0 Å². The SMILES string of the molecule is CC.COC1CN(Cc2ccccc2)CCC1(OC)OC. The Bertz CT molecular complexity index is 379. The molecular weight excluding hydrogens is 266 g/mol. The summed E-state index contributed by atoms with van der Waals surface area (Å²) in [7, 11) is 5.08. The molecule has 0 radical (unpaired) electrons. The molecule has 2 rings (SSSR count). The second-order valence-electron chi connectivity index (χ2n) is 4.92. The van der Waals surface area contributed by atoms with Gasteiger partial charge in [0.05, 0.1) is 0 Å². The lowest BCUT2D eigenvalue weighted by atomic mass is 9.99. The van der Waals surface area contributed by atoms with Crippen LogP contribution in [-0.4, -0.2) is 51.2 Å². The van der Waals surface area contributed by atoms with Crippen LogP contribution in [0.4, 0.5) is 0 Å². The first kappa shape index (κ1) is 18.1. The standard InChI is InChI=1S/C15H23NO3.C2H6/c1-17-14-12-16(10-9-15(14,18-2)19-3)11-13-7-5-4-6-8-13;1-2/h4-8,14H,9-12H2,1-3H3;1-2H3. The van der Waals surface area contributed by atoms with Crippen molar-refractivity contribution in [3.63, 3.8) is 0 Å². The van der Waals surface area contributed by atoms with E-state index in [0.717, 1.165) is 26.1 Å². The Labute approximate surface area is 129 Å². The van der Waals surface area contributed by atoms with E-state index in [1.165, 1.54) is 5.56 Å². The number of piperidine rings is 1. The van der Waals surface area contributed by atoms with Crippen LogP contribution in [0.25, 0.3) is 0 Å². The molecule has 1 unspecified atom stereocenters. The number of hydrogen-bond donors (Lipinski definition) is 0. The summed E-state index contributed by atoms with van der Waals surface area (Å²) in [5.74, 6) is -0.609. The van der Waals surface area contributed by atoms with Gasteiger partial charge in [0, 0.05) is 47.4 Å². The van der Waals surface area contributed by atoms with Gasteiger partial charge in [-0.15, -0.1) is 0 Å². The van der Waals surface area contributed by atoms with Gasteiger partial charge in [0.1, 0.15) is 6.10 Å². The molecule has 1 fully saturated rings. The van der Waals surface area contributed by atoms with E-state index < -0.39 is 5.79 Å². The Hall–Kier alpha value is -0.940. The molecule has 1 heterocycles. The molecule has 120 valence electrons. The second kappa shape index (κ2) is 9.15. The van der Waals surface area contributed by atoms with E-state index in [4.69, 9.17) is 14.2 Å². The topological polar surface area (TPSA) is 30.9 Å². The normalized spacial score (nSPS) is 21.5. The summed E-state index contributed by atoms with van der Waals surface area (Å²) in [6.45, 7) is 6.69. The third-order valence-electron chi connectivity index (χ3n) is 3.92. The largest absolute Gasteiger partial charge is 0.374 e. The van der Waals surface area contributed by atoms with Crippen LogP contribution in [-0.2, 0) is 20.8 Å². The lowest BCUT2D eigenvalue weighted by molar-refractivity contribution is -0.284. The molecule has 0 spiro atoms. The molecule has 0 N–H and O–H groups in total. The summed E-state index contributed by atoms with van der Waals surface area (Å²) >= 11 is 0. The highest BCUT2D eigenvalue weighted by molar-refractivity contribution is 5.14. The van der Waals surface area contributed by atoms with E-state index in [1.54, 1.807) is 21.3 Å². The summed E-state index contributed by atoms with van der Waals surface area (Å²) in [5.41, 5.74) is 1.32. The number of ether oxygens (including phenoxy) is 3. The van der Waals surface area contributed by atoms with Crippen LogP contribution in [0.5, 0.6) is 0 Å². The zero-order chi connectivity index (χ0) is 15.7. The summed E-state index contributed by atoms with van der Waals surface area (Å²) < 4.78 is 16.7. The number of nitrogens with zero attached hydrogens (tertiary/aromatic N) is 1. The maximum atomic E-state index is 5.57. The minimum atomic E-state index is -0.609. The van der Waals surface area contributed by atoms with Crippen molar-refractivity contribution in [2.45, 2.75) is 38.7 Å². The fourth-order valence-electron chi connectivity index (χ4n) is 2.73. The van der Waals surface area contributed by atoms with Crippen molar-refractivity contribution in [1.29, 1.82) is 0 Å². The van der Waals surface area contributed by atoms with Crippen LogP contribution in [0.15, 0.2) is 30.3 Å². The van der Waals surface area contributed by atoms with Gasteiger partial charge >= 0.3 is 0 Å². The quantitative estimate of drug-likeness (QED) is 0.782. The van der Waals surface area contributed by atoms with E-state index in [9.17, 15) is 0 Å². The number of likely N-dealkylation sites (tertiary alicyclic amines) is 1. The Kier molecular flexibility index (Phi) is 7.89. The first-order valence-corrected chi connectivity index (χ1v) is 7.63. The molecule has 21 heavy (non-hydrogen) atoms. The first-order chi connectivity index (χ1) is 10.2. The van der Waals surface area contributed by atoms with E-state index >= 15 is 0 Å². The third kappa shape index (κ3) is 4.51. The van der Waals surface area contributed by atoms with E-state index in [-0.39, 0.29) is 6.10 Å². The smallest absolute Gasteiger partial charge is 0.196 e. The fourth-order valence-corrected chi connectivity index (χ4v) is 2.73. The van der Waals surface area contributed by atoms with Crippen molar-refractivity contribution in [3.8, 4) is 0 Å². The van der Waals surface area contributed by atoms with Gasteiger partial charge in [-0.05, 0) is 5.56 Å². The summed E-state index contributed by atoms with van der Waals surface area (Å²) in [6, 6.07) is 10.5. The summed E-state index contributed by atoms with van der Waals surface area (Å²) in [5, 5.41) is 0. The Balaban J connectivity index is 0.00000106. The van der Waals surface area contributed by atoms with Crippen molar-refractivity contribution in [2.24, 2.45) is 0 Å². The van der Waals surface area contributed by atoms with Crippen molar-refractivity contribution in [3.05, 3.63) is 35.9 Å². The highest BCUT2D eigenvalue weighted by Gasteiger charge is 2.44. The molecule has 1 atom stereocenters. The molecule has 4 heteroatoms. The molecule has 0 aromatic heterocycles. The zero-order valence-corrected chi connectivity index (χ0v) is 14.0. The maximum absolute atomic E-state index is 5.57. The van der Waals surface area contributed by atoms with Crippen molar-refractivity contribution in [1.82, 2.24) is 4.90 Å². The molecule has 0 saturated carbocycles. The molecule has 1 aliphatic rings. The van der Waals surface area contributed by atoms with Crippen LogP contribution in [0.1, 0.15) is 25.8 Å². The van der Waals surface area contributed by atoms with E-state index in [1.807, 2.05) is 19.9 Å². The molecule has 1 aromatic carbocycles. The molecular formula is C17H29NO3. The Morgan fingerprint density at radius 1 is 1.10 bits per heavy atom. The predicted octanol–water partition coefficient (Wildman–Crippen LogP) is 2.92. The fraction of sp³-hybridized carbons (Fsp3) is 0.647. The van der Waals surface area contributed by atoms with E-state index in [2.05, 4.69) is 29.2 Å². The van der Waals surface area contributed by atoms with Crippen molar-refractivity contribution < 1.29 is 14.2 Å². The molecule has 0 aliphatic carbocycles. The average molecular weight is 295 g/mol. The number of methoxy groups -OCH3 is 3. The van der Waals surface area contributed by atoms with Gasteiger partial charge in [0.15, 0.2) is 5.79 Å². The van der Waals surface area contributed by atoms with Crippen LogP contribution < -0.4 is 0 Å². The molecule has 1 aromatic rings. The number of rotatable bonds is 5. The van der Waals surface area contributed by atoms with Gasteiger partial charge in [0.2, 0.25) is 0 Å². The van der Waals surface area contributed by atoms with Crippen LogP contribution in [0.2, 0.25) is 0 Å². The average Bonchev–Trinajstić information content (AvgIpc) is 2.57. The van der Waals surface area contributed by atoms with Gasteiger partial charge in [0.25, 0.3) is 0 Å². The van der Waals surface area contributed by atoms with Crippen molar-refractivity contribution in [2.75, 3.05) is 34.4 Å². The molecule has 4 nitrogen and oxygen atoms in total. The van der Waals surface area contributed by atoms with Crippen LogP contribution in [0, 0.1) is 0 Å². The third-order valence-corrected chi connectivity index (χ3v) is 3.92. The van der Waals surface area contributed by atoms with Gasteiger partial charge in [-0.3, -0.25) is 4.90 Å². The maximum Gasteiger partial charge on any atom is 0.196 e. The van der Waals surface area contributed by atoms with Gasteiger partial charge in [-0.2, -0.15) is 0 Å². The first-order valence-electron chi connectivity index (χ1n) is 7.63. The molecule has 0 bridgehead atoms. The van der Waals surface area contributed by atoms with Gasteiger partial charge in [-0.25, -0.2) is 0 Å². The lowest BCUT2D eigenvalue weighted by Gasteiger charge is -2.44. The predicted molar refractivity (Wildman–Crippen MR) is 85.2 cm³/mol. The van der Waals surface area contributed by atoms with E-state index in [0.29, 0.717) is 0 Å². The number of hydrogen-bond acceptors (Lipinski definition) is 4. The minimum Gasteiger partial charge on any atom is -0.374 e.